The highest BCUT2D eigenvalue weighted by Crippen LogP contribution is 2.21. The summed E-state index contributed by atoms with van der Waals surface area (Å²) < 4.78 is 0. The Labute approximate surface area is 108 Å². The van der Waals surface area contributed by atoms with Gasteiger partial charge >= 0.3 is 0 Å². The van der Waals surface area contributed by atoms with Crippen LogP contribution < -0.4 is 5.32 Å². The van der Waals surface area contributed by atoms with Crippen molar-refractivity contribution >= 4 is 10.9 Å². The van der Waals surface area contributed by atoms with Crippen LogP contribution in [0.15, 0.2) is 36.4 Å². The van der Waals surface area contributed by atoms with E-state index >= 15 is 0 Å². The third kappa shape index (κ3) is 2.24. The van der Waals surface area contributed by atoms with Gasteiger partial charge in [0.15, 0.2) is 0 Å². The van der Waals surface area contributed by atoms with E-state index in [4.69, 9.17) is 4.98 Å². The number of nitrogens with zero attached hydrogens (tertiary/aromatic N) is 2. The fraction of sp³-hybridized carbons (Fsp3) is 0.400. The van der Waals surface area contributed by atoms with Crippen LogP contribution >= 0.6 is 0 Å². The minimum absolute atomic E-state index is 0.400. The van der Waals surface area contributed by atoms with E-state index in [0.717, 1.165) is 31.7 Å². The van der Waals surface area contributed by atoms with Gasteiger partial charge in [-0.05, 0) is 19.1 Å². The van der Waals surface area contributed by atoms with Crippen LogP contribution in [0.3, 0.4) is 0 Å². The van der Waals surface area contributed by atoms with Crippen molar-refractivity contribution in [3.8, 4) is 0 Å². The summed E-state index contributed by atoms with van der Waals surface area (Å²) in [5, 5.41) is 4.61. The van der Waals surface area contributed by atoms with Crippen LogP contribution in [-0.2, 0) is 0 Å². The Bertz CT molecular complexity index is 532. The number of nitrogens with one attached hydrogen (secondary N) is 1. The van der Waals surface area contributed by atoms with Crippen molar-refractivity contribution in [1.29, 1.82) is 0 Å². The van der Waals surface area contributed by atoms with E-state index < -0.39 is 0 Å². The molecule has 0 aliphatic carbocycles. The van der Waals surface area contributed by atoms with Gasteiger partial charge in [-0.25, -0.2) is 0 Å². The second-order valence-corrected chi connectivity index (χ2v) is 4.89. The molecule has 1 N–H and O–H groups in total. The van der Waals surface area contributed by atoms with Crippen LogP contribution in [0.25, 0.3) is 10.9 Å². The fourth-order valence-corrected chi connectivity index (χ4v) is 2.57. The summed E-state index contributed by atoms with van der Waals surface area (Å²) in [4.78, 5) is 7.28. The van der Waals surface area contributed by atoms with E-state index in [1.54, 1.807) is 0 Å². The Kier molecular flexibility index (Phi) is 3.26. The number of rotatable bonds is 2. The molecule has 0 radical (unpaired) electrons. The molecule has 1 atom stereocenters. The SMILES string of the molecule is C[C@H](c1ccc2ccccc2n1)N1CCNCC1. The van der Waals surface area contributed by atoms with Crippen molar-refractivity contribution in [3.05, 3.63) is 42.1 Å². The van der Waals surface area contributed by atoms with Crippen molar-refractivity contribution in [3.63, 3.8) is 0 Å². The third-order valence-electron chi connectivity index (χ3n) is 3.75. The van der Waals surface area contributed by atoms with E-state index in [1.165, 1.54) is 11.1 Å². The minimum Gasteiger partial charge on any atom is -0.314 e. The molecular formula is C15H19N3. The van der Waals surface area contributed by atoms with Gasteiger partial charge in [0.05, 0.1) is 11.2 Å². The largest absolute Gasteiger partial charge is 0.314 e. The molecule has 1 fully saturated rings. The van der Waals surface area contributed by atoms with Crippen LogP contribution in [0.1, 0.15) is 18.7 Å². The Morgan fingerprint density at radius 2 is 1.89 bits per heavy atom. The molecule has 3 nitrogen and oxygen atoms in total. The van der Waals surface area contributed by atoms with E-state index in [-0.39, 0.29) is 0 Å². The van der Waals surface area contributed by atoms with Gasteiger partial charge in [0.2, 0.25) is 0 Å². The molecular weight excluding hydrogens is 222 g/mol. The Hall–Kier alpha value is -1.45. The van der Waals surface area contributed by atoms with Crippen molar-refractivity contribution < 1.29 is 0 Å². The molecule has 2 heterocycles. The predicted octanol–water partition coefficient (Wildman–Crippen LogP) is 2.20. The number of pyridine rings is 1. The Balaban J connectivity index is 1.88. The van der Waals surface area contributed by atoms with Crippen LogP contribution in [0, 0.1) is 0 Å². The van der Waals surface area contributed by atoms with Gasteiger partial charge < -0.3 is 5.32 Å². The quantitative estimate of drug-likeness (QED) is 0.873. The van der Waals surface area contributed by atoms with Gasteiger partial charge in [0, 0.05) is 37.6 Å². The Morgan fingerprint density at radius 1 is 1.11 bits per heavy atom. The smallest absolute Gasteiger partial charge is 0.0706 e. The molecule has 3 heteroatoms. The maximum absolute atomic E-state index is 4.79. The average molecular weight is 241 g/mol. The molecule has 1 aliphatic rings. The molecule has 0 bridgehead atoms. The van der Waals surface area contributed by atoms with Gasteiger partial charge in [-0.15, -0.1) is 0 Å². The molecule has 0 amide bonds. The second kappa shape index (κ2) is 5.04. The van der Waals surface area contributed by atoms with Crippen molar-refractivity contribution in [2.45, 2.75) is 13.0 Å². The lowest BCUT2D eigenvalue weighted by Gasteiger charge is -2.32. The molecule has 0 unspecified atom stereocenters. The van der Waals surface area contributed by atoms with Crippen molar-refractivity contribution in [1.82, 2.24) is 15.2 Å². The second-order valence-electron chi connectivity index (χ2n) is 4.89. The first-order valence-electron chi connectivity index (χ1n) is 6.65. The van der Waals surface area contributed by atoms with Gasteiger partial charge in [-0.1, -0.05) is 24.3 Å². The van der Waals surface area contributed by atoms with Crippen LogP contribution in [-0.4, -0.2) is 36.1 Å². The molecule has 1 aromatic carbocycles. The zero-order valence-corrected chi connectivity index (χ0v) is 10.8. The number of hydrogen-bond donors (Lipinski definition) is 1. The molecule has 1 saturated heterocycles. The highest BCUT2D eigenvalue weighted by molar-refractivity contribution is 5.78. The first-order valence-corrected chi connectivity index (χ1v) is 6.65. The molecule has 1 aliphatic heterocycles. The monoisotopic (exact) mass is 241 g/mol. The lowest BCUT2D eigenvalue weighted by atomic mass is 10.1. The summed E-state index contributed by atoms with van der Waals surface area (Å²) >= 11 is 0. The topological polar surface area (TPSA) is 28.2 Å². The normalized spacial score (nSPS) is 18.9. The van der Waals surface area contributed by atoms with Gasteiger partial charge in [-0.3, -0.25) is 9.88 Å². The third-order valence-corrected chi connectivity index (χ3v) is 3.75. The highest BCUT2D eigenvalue weighted by Gasteiger charge is 2.18. The molecule has 94 valence electrons. The van der Waals surface area contributed by atoms with Crippen molar-refractivity contribution in [2.24, 2.45) is 0 Å². The molecule has 1 aromatic heterocycles. The maximum atomic E-state index is 4.79. The summed E-state index contributed by atoms with van der Waals surface area (Å²) in [6, 6.07) is 13.0. The number of para-hydroxylation sites is 1. The first-order chi connectivity index (χ1) is 8.84. The molecule has 0 saturated carbocycles. The number of fused-ring (bicyclic) bond motifs is 1. The summed E-state index contributed by atoms with van der Waals surface area (Å²) in [5.41, 5.74) is 2.27. The molecule has 2 aromatic rings. The van der Waals surface area contributed by atoms with Crippen LogP contribution in [0.2, 0.25) is 0 Å². The zero-order valence-electron chi connectivity index (χ0n) is 10.8. The lowest BCUT2D eigenvalue weighted by Crippen LogP contribution is -2.44. The summed E-state index contributed by atoms with van der Waals surface area (Å²) in [6.45, 7) is 6.63. The van der Waals surface area contributed by atoms with Crippen LogP contribution in [0.4, 0.5) is 0 Å². The highest BCUT2D eigenvalue weighted by atomic mass is 15.2. The summed E-state index contributed by atoms with van der Waals surface area (Å²) in [5.74, 6) is 0. The fourth-order valence-electron chi connectivity index (χ4n) is 2.57. The van der Waals surface area contributed by atoms with Gasteiger partial charge in [0.25, 0.3) is 0 Å². The zero-order chi connectivity index (χ0) is 12.4. The minimum atomic E-state index is 0.400. The number of hydrogen-bond acceptors (Lipinski definition) is 3. The summed E-state index contributed by atoms with van der Waals surface area (Å²) in [6.07, 6.45) is 0. The van der Waals surface area contributed by atoms with Gasteiger partial charge in [-0.2, -0.15) is 0 Å². The Morgan fingerprint density at radius 3 is 2.72 bits per heavy atom. The standard InChI is InChI=1S/C15H19N3/c1-12(18-10-8-16-9-11-18)14-7-6-13-4-2-3-5-15(13)17-14/h2-7,12,16H,8-11H2,1H3/t12-/m1/s1. The van der Waals surface area contributed by atoms with E-state index in [9.17, 15) is 0 Å². The molecule has 3 rings (SSSR count). The van der Waals surface area contributed by atoms with E-state index in [0.29, 0.717) is 6.04 Å². The van der Waals surface area contributed by atoms with Crippen molar-refractivity contribution in [2.75, 3.05) is 26.2 Å². The number of benzene rings is 1. The molecule has 18 heavy (non-hydrogen) atoms. The predicted molar refractivity (Wildman–Crippen MR) is 74.6 cm³/mol. The molecule has 0 spiro atoms. The first kappa shape index (κ1) is 11.6. The van der Waals surface area contributed by atoms with E-state index in [2.05, 4.69) is 53.5 Å². The average Bonchev–Trinajstić information content (AvgIpc) is 2.47. The van der Waals surface area contributed by atoms with Crippen LogP contribution in [0.5, 0.6) is 0 Å². The number of aromatic nitrogens is 1. The van der Waals surface area contributed by atoms with Gasteiger partial charge in [0.1, 0.15) is 0 Å². The summed E-state index contributed by atoms with van der Waals surface area (Å²) in [7, 11) is 0. The lowest BCUT2D eigenvalue weighted by molar-refractivity contribution is 0.183. The maximum Gasteiger partial charge on any atom is 0.0706 e. The van der Waals surface area contributed by atoms with E-state index in [1.807, 2.05) is 0 Å². The number of piperazine rings is 1.